The van der Waals surface area contributed by atoms with Gasteiger partial charge in [-0.1, -0.05) is 30.1 Å². The van der Waals surface area contributed by atoms with Gasteiger partial charge in [0, 0.05) is 19.3 Å². The molecule has 1 fully saturated rings. The van der Waals surface area contributed by atoms with Crippen LogP contribution in [0.4, 0.5) is 0 Å². The number of carbonyl (C=O) groups is 1. The molecule has 8 heteroatoms. The summed E-state index contributed by atoms with van der Waals surface area (Å²) in [4.78, 5) is 14.4. The van der Waals surface area contributed by atoms with Crippen LogP contribution in [0.1, 0.15) is 23.8 Å². The molecule has 1 aromatic carbocycles. The second-order valence-electron chi connectivity index (χ2n) is 6.24. The first-order chi connectivity index (χ1) is 10.9. The maximum Gasteiger partial charge on any atom is 0.274 e. The van der Waals surface area contributed by atoms with Gasteiger partial charge in [0.15, 0.2) is 5.69 Å². The van der Waals surface area contributed by atoms with E-state index in [1.807, 2.05) is 4.90 Å². The third-order valence-electron chi connectivity index (χ3n) is 4.31. The van der Waals surface area contributed by atoms with Gasteiger partial charge < -0.3 is 10.6 Å². The Balaban J connectivity index is 0.00000208. The highest BCUT2D eigenvalue weighted by Crippen LogP contribution is 2.29. The van der Waals surface area contributed by atoms with E-state index in [1.54, 1.807) is 35.1 Å². The minimum absolute atomic E-state index is 0. The molecule has 0 radical (unpaired) electrons. The number of nitrogens with zero attached hydrogens (tertiary/aromatic N) is 3. The SMILES string of the molecule is CC1(CN)CCN(C(=O)c2ccn(-c3ccc(Cl)c(Cl)c3)n2)C1.Cl. The van der Waals surface area contributed by atoms with Crippen molar-refractivity contribution in [2.24, 2.45) is 11.1 Å². The van der Waals surface area contributed by atoms with Gasteiger partial charge in [0.2, 0.25) is 0 Å². The van der Waals surface area contributed by atoms with E-state index < -0.39 is 0 Å². The van der Waals surface area contributed by atoms with Crippen molar-refractivity contribution in [1.29, 1.82) is 0 Å². The number of likely N-dealkylation sites (tertiary alicyclic amines) is 1. The molecule has 5 nitrogen and oxygen atoms in total. The van der Waals surface area contributed by atoms with E-state index in [0.29, 0.717) is 35.4 Å². The molecule has 1 amide bonds. The predicted octanol–water partition coefficient (Wildman–Crippen LogP) is 3.41. The standard InChI is InChI=1S/C16H18Cl2N4O.ClH/c1-16(9-19)5-7-21(10-16)15(23)14-4-6-22(20-14)11-2-3-12(17)13(18)8-11;/h2-4,6,8H,5,7,9-10,19H2,1H3;1H. The van der Waals surface area contributed by atoms with E-state index in [0.717, 1.165) is 12.1 Å². The number of amides is 1. The number of rotatable bonds is 3. The van der Waals surface area contributed by atoms with Crippen molar-refractivity contribution in [1.82, 2.24) is 14.7 Å². The van der Waals surface area contributed by atoms with Crippen molar-refractivity contribution in [2.45, 2.75) is 13.3 Å². The van der Waals surface area contributed by atoms with Crippen LogP contribution in [0, 0.1) is 5.41 Å². The van der Waals surface area contributed by atoms with Crippen LogP contribution < -0.4 is 5.73 Å². The summed E-state index contributed by atoms with van der Waals surface area (Å²) in [5, 5.41) is 5.30. The molecular weight excluding hydrogens is 371 g/mol. The Hall–Kier alpha value is -1.27. The van der Waals surface area contributed by atoms with Crippen LogP contribution in [0.5, 0.6) is 0 Å². The van der Waals surface area contributed by atoms with Gasteiger partial charge in [-0.2, -0.15) is 5.10 Å². The Labute approximate surface area is 157 Å². The number of nitrogens with two attached hydrogens (primary N) is 1. The quantitative estimate of drug-likeness (QED) is 0.875. The third kappa shape index (κ3) is 3.70. The summed E-state index contributed by atoms with van der Waals surface area (Å²) < 4.78 is 1.62. The first-order valence-corrected chi connectivity index (χ1v) is 8.18. The van der Waals surface area contributed by atoms with Crippen LogP contribution in [0.3, 0.4) is 0 Å². The highest BCUT2D eigenvalue weighted by Gasteiger charge is 2.35. The molecule has 0 spiro atoms. The zero-order chi connectivity index (χ0) is 16.6. The van der Waals surface area contributed by atoms with Crippen LogP contribution >= 0.6 is 35.6 Å². The molecule has 3 rings (SSSR count). The number of benzene rings is 1. The molecule has 1 saturated heterocycles. The predicted molar refractivity (Wildman–Crippen MR) is 98.5 cm³/mol. The van der Waals surface area contributed by atoms with Gasteiger partial charge in [-0.05, 0) is 42.6 Å². The number of hydrogen-bond acceptors (Lipinski definition) is 3. The van der Waals surface area contributed by atoms with Gasteiger partial charge in [0.25, 0.3) is 5.91 Å². The topological polar surface area (TPSA) is 64.2 Å². The summed E-state index contributed by atoms with van der Waals surface area (Å²) in [5.41, 5.74) is 6.97. The fourth-order valence-electron chi connectivity index (χ4n) is 2.74. The summed E-state index contributed by atoms with van der Waals surface area (Å²) in [5.74, 6) is -0.0685. The Morgan fingerprint density at radius 3 is 2.71 bits per heavy atom. The lowest BCUT2D eigenvalue weighted by molar-refractivity contribution is 0.0770. The monoisotopic (exact) mass is 388 g/mol. The van der Waals surface area contributed by atoms with Gasteiger partial charge in [0.05, 0.1) is 15.7 Å². The lowest BCUT2D eigenvalue weighted by Crippen LogP contribution is -2.34. The van der Waals surface area contributed by atoms with E-state index in [9.17, 15) is 4.79 Å². The van der Waals surface area contributed by atoms with E-state index in [1.165, 1.54) is 0 Å². The smallest absolute Gasteiger partial charge is 0.274 e. The number of halogens is 3. The van der Waals surface area contributed by atoms with Crippen molar-refractivity contribution in [3.05, 3.63) is 46.2 Å². The molecule has 2 N–H and O–H groups in total. The van der Waals surface area contributed by atoms with Crippen LogP contribution in [-0.4, -0.2) is 40.2 Å². The summed E-state index contributed by atoms with van der Waals surface area (Å²) >= 11 is 11.9. The normalized spacial score (nSPS) is 20.1. The van der Waals surface area contributed by atoms with Gasteiger partial charge in [-0.3, -0.25) is 4.79 Å². The lowest BCUT2D eigenvalue weighted by atomic mass is 9.90. The van der Waals surface area contributed by atoms with Crippen LogP contribution in [0.25, 0.3) is 5.69 Å². The number of hydrogen-bond donors (Lipinski definition) is 1. The molecule has 0 aliphatic carbocycles. The van der Waals surface area contributed by atoms with Crippen molar-refractivity contribution in [2.75, 3.05) is 19.6 Å². The van der Waals surface area contributed by atoms with Crippen molar-refractivity contribution in [3.8, 4) is 5.69 Å². The summed E-state index contributed by atoms with van der Waals surface area (Å²) in [7, 11) is 0. The van der Waals surface area contributed by atoms with Gasteiger partial charge >= 0.3 is 0 Å². The average Bonchev–Trinajstić information content (AvgIpc) is 3.17. The lowest BCUT2D eigenvalue weighted by Gasteiger charge is -2.22. The molecule has 1 unspecified atom stereocenters. The van der Waals surface area contributed by atoms with E-state index in [4.69, 9.17) is 28.9 Å². The zero-order valence-electron chi connectivity index (χ0n) is 13.2. The fourth-order valence-corrected chi connectivity index (χ4v) is 3.03. The molecule has 24 heavy (non-hydrogen) atoms. The number of aromatic nitrogens is 2. The van der Waals surface area contributed by atoms with Crippen molar-refractivity contribution in [3.63, 3.8) is 0 Å². The van der Waals surface area contributed by atoms with E-state index >= 15 is 0 Å². The zero-order valence-corrected chi connectivity index (χ0v) is 15.5. The minimum atomic E-state index is -0.0685. The first kappa shape index (κ1) is 19.1. The Morgan fingerprint density at radius 1 is 1.33 bits per heavy atom. The van der Waals surface area contributed by atoms with E-state index in [-0.39, 0.29) is 23.7 Å². The maximum absolute atomic E-state index is 12.6. The largest absolute Gasteiger partial charge is 0.337 e. The van der Waals surface area contributed by atoms with Crippen molar-refractivity contribution >= 4 is 41.5 Å². The maximum atomic E-state index is 12.6. The second kappa shape index (κ2) is 7.31. The highest BCUT2D eigenvalue weighted by molar-refractivity contribution is 6.42. The van der Waals surface area contributed by atoms with Gasteiger partial charge in [-0.25, -0.2) is 4.68 Å². The number of carbonyl (C=O) groups excluding carboxylic acids is 1. The Bertz CT molecular complexity index is 749. The first-order valence-electron chi connectivity index (χ1n) is 7.42. The Kier molecular flexibility index (Phi) is 5.81. The van der Waals surface area contributed by atoms with Gasteiger partial charge in [0.1, 0.15) is 0 Å². The molecule has 0 saturated carbocycles. The summed E-state index contributed by atoms with van der Waals surface area (Å²) in [6, 6.07) is 6.93. The fraction of sp³-hybridized carbons (Fsp3) is 0.375. The summed E-state index contributed by atoms with van der Waals surface area (Å²) in [6.45, 7) is 4.07. The van der Waals surface area contributed by atoms with E-state index in [2.05, 4.69) is 12.0 Å². The highest BCUT2D eigenvalue weighted by atomic mass is 35.5. The Morgan fingerprint density at radius 2 is 2.08 bits per heavy atom. The molecule has 1 aliphatic rings. The molecule has 1 aromatic heterocycles. The second-order valence-corrected chi connectivity index (χ2v) is 7.05. The molecule has 2 heterocycles. The van der Waals surface area contributed by atoms with Crippen LogP contribution in [0.15, 0.2) is 30.5 Å². The van der Waals surface area contributed by atoms with Crippen LogP contribution in [-0.2, 0) is 0 Å². The molecular formula is C16H19Cl3N4O. The summed E-state index contributed by atoms with van der Waals surface area (Å²) in [6.07, 6.45) is 2.66. The van der Waals surface area contributed by atoms with Gasteiger partial charge in [-0.15, -0.1) is 12.4 Å². The molecule has 1 atom stereocenters. The average molecular weight is 390 g/mol. The molecule has 130 valence electrons. The molecule has 1 aliphatic heterocycles. The van der Waals surface area contributed by atoms with Crippen molar-refractivity contribution < 1.29 is 4.79 Å². The molecule has 0 bridgehead atoms. The van der Waals surface area contributed by atoms with Crippen LogP contribution in [0.2, 0.25) is 10.0 Å². The molecule has 2 aromatic rings. The third-order valence-corrected chi connectivity index (χ3v) is 5.05. The minimum Gasteiger partial charge on any atom is -0.337 e.